The Morgan fingerprint density at radius 3 is 2.69 bits per heavy atom. The molecule has 0 spiro atoms. The number of nitrogens with two attached hydrogens (primary N) is 1. The van der Waals surface area contributed by atoms with E-state index in [9.17, 15) is 9.70 Å². The number of benzene rings is 2. The lowest BCUT2D eigenvalue weighted by atomic mass is 10.1. The minimum atomic E-state index is -0.303. The highest BCUT2D eigenvalue weighted by molar-refractivity contribution is 7.18. The van der Waals surface area contributed by atoms with Crippen molar-refractivity contribution in [2.45, 2.75) is 0 Å². The fourth-order valence-corrected chi connectivity index (χ4v) is 3.35. The van der Waals surface area contributed by atoms with Crippen LogP contribution in [0.3, 0.4) is 0 Å². The summed E-state index contributed by atoms with van der Waals surface area (Å²) >= 11 is 1.15. The summed E-state index contributed by atoms with van der Waals surface area (Å²) in [6.07, 6.45) is 0. The van der Waals surface area contributed by atoms with Gasteiger partial charge < -0.3 is 20.7 Å². The number of aromatic nitrogens is 1. The highest BCUT2D eigenvalue weighted by Crippen LogP contribution is 2.30. The lowest BCUT2D eigenvalue weighted by Gasteiger charge is -2.11. The van der Waals surface area contributed by atoms with Crippen molar-refractivity contribution in [2.75, 3.05) is 38.3 Å². The molecule has 3 rings (SSSR count). The molecule has 0 unspecified atom stereocenters. The predicted molar refractivity (Wildman–Crippen MR) is 116 cm³/mol. The van der Waals surface area contributed by atoms with Crippen molar-refractivity contribution < 1.29 is 9.53 Å². The second-order valence-electron chi connectivity index (χ2n) is 6.51. The first-order valence-corrected chi connectivity index (χ1v) is 9.67. The molecule has 8 nitrogen and oxygen atoms in total. The van der Waals surface area contributed by atoms with Crippen LogP contribution >= 0.6 is 11.3 Å². The van der Waals surface area contributed by atoms with E-state index in [1.807, 2.05) is 43.3 Å². The monoisotopic (exact) mass is 411 g/mol. The average molecular weight is 411 g/mol. The molecule has 0 aliphatic carbocycles. The molecule has 3 aromatic rings. The summed E-state index contributed by atoms with van der Waals surface area (Å²) in [5.41, 5.74) is 7.25. The molecule has 0 aliphatic rings. The van der Waals surface area contributed by atoms with Crippen molar-refractivity contribution in [1.82, 2.24) is 9.88 Å². The van der Waals surface area contributed by atoms with Gasteiger partial charge in [-0.2, -0.15) is 0 Å². The van der Waals surface area contributed by atoms with E-state index in [0.29, 0.717) is 22.2 Å². The van der Waals surface area contributed by atoms with Gasteiger partial charge in [-0.1, -0.05) is 23.5 Å². The molecule has 3 N–H and O–H groups in total. The normalized spacial score (nSPS) is 10.7. The summed E-state index contributed by atoms with van der Waals surface area (Å²) in [4.78, 5) is 30.0. The second-order valence-corrected chi connectivity index (χ2v) is 7.50. The smallest absolute Gasteiger partial charge is 0.206 e. The number of rotatable bonds is 9. The summed E-state index contributed by atoms with van der Waals surface area (Å²) in [7, 11) is 3.98. The number of thiazole rings is 1. The van der Waals surface area contributed by atoms with Gasteiger partial charge in [0, 0.05) is 17.8 Å². The molecule has 0 bridgehead atoms. The number of ether oxygens (including phenoxy) is 1. The molecule has 0 fully saturated rings. The number of likely N-dealkylation sites (N-methyl/N-ethyl adjacent to an activating group) is 1. The van der Waals surface area contributed by atoms with Crippen LogP contribution < -0.4 is 15.8 Å². The van der Waals surface area contributed by atoms with Crippen LogP contribution in [0.2, 0.25) is 0 Å². The van der Waals surface area contributed by atoms with Gasteiger partial charge in [-0.05, 0) is 55.7 Å². The number of nitrogens with zero attached hydrogens (tertiary/aromatic N) is 3. The van der Waals surface area contributed by atoms with Crippen LogP contribution in [0.4, 0.5) is 22.3 Å². The van der Waals surface area contributed by atoms with E-state index in [-0.39, 0.29) is 17.3 Å². The Labute approximate surface area is 172 Å². The Bertz CT molecular complexity index is 1000. The number of ketones is 1. The maximum atomic E-state index is 12.7. The van der Waals surface area contributed by atoms with E-state index < -0.39 is 0 Å². The van der Waals surface area contributed by atoms with Crippen molar-refractivity contribution in [3.05, 3.63) is 63.9 Å². The summed E-state index contributed by atoms with van der Waals surface area (Å²) in [5, 5.41) is 6.49. The third-order valence-electron chi connectivity index (χ3n) is 3.99. The van der Waals surface area contributed by atoms with Gasteiger partial charge in [-0.25, -0.2) is 4.98 Å². The third kappa shape index (κ3) is 5.37. The first-order chi connectivity index (χ1) is 14.0. The summed E-state index contributed by atoms with van der Waals surface area (Å²) in [5.74, 6) is 0.606. The number of nitroso groups, excluding NO2 is 1. The molecule has 9 heteroatoms. The van der Waals surface area contributed by atoms with Crippen molar-refractivity contribution in [2.24, 2.45) is 5.18 Å². The van der Waals surface area contributed by atoms with Crippen molar-refractivity contribution in [3.63, 3.8) is 0 Å². The number of carbonyl (C=O) groups is 1. The zero-order valence-corrected chi connectivity index (χ0v) is 16.9. The van der Waals surface area contributed by atoms with Gasteiger partial charge in [-0.15, -0.1) is 4.91 Å². The van der Waals surface area contributed by atoms with Crippen LogP contribution in [0, 0.1) is 4.91 Å². The van der Waals surface area contributed by atoms with Gasteiger partial charge in [0.05, 0.1) is 0 Å². The molecule has 1 heterocycles. The van der Waals surface area contributed by atoms with E-state index in [4.69, 9.17) is 10.5 Å². The van der Waals surface area contributed by atoms with Crippen LogP contribution in [-0.4, -0.2) is 42.9 Å². The fraction of sp³-hybridized carbons (Fsp3) is 0.200. The van der Waals surface area contributed by atoms with E-state index in [0.717, 1.165) is 29.3 Å². The fourth-order valence-electron chi connectivity index (χ4n) is 2.49. The number of carbonyl (C=O) groups excluding carboxylic acids is 1. The predicted octanol–water partition coefficient (Wildman–Crippen LogP) is 4.04. The number of hydrogen-bond donors (Lipinski definition) is 2. The Kier molecular flexibility index (Phi) is 6.53. The first kappa shape index (κ1) is 20.4. The van der Waals surface area contributed by atoms with E-state index in [2.05, 4.69) is 15.5 Å². The highest BCUT2D eigenvalue weighted by Gasteiger charge is 2.18. The summed E-state index contributed by atoms with van der Waals surface area (Å²) < 4.78 is 5.67. The van der Waals surface area contributed by atoms with Crippen LogP contribution in [0.15, 0.2) is 53.7 Å². The zero-order chi connectivity index (χ0) is 20.8. The van der Waals surface area contributed by atoms with Gasteiger partial charge in [0.1, 0.15) is 28.7 Å². The number of nitrogen functional groups attached to an aromatic ring is 1. The first-order valence-electron chi connectivity index (χ1n) is 8.85. The van der Waals surface area contributed by atoms with E-state index >= 15 is 0 Å². The Balaban J connectivity index is 1.68. The Hall–Kier alpha value is -3.30. The topological polar surface area (TPSA) is 110 Å². The maximum absolute atomic E-state index is 12.7. The molecular weight excluding hydrogens is 390 g/mol. The molecule has 0 radical (unpaired) electrons. The molecule has 1 aromatic heterocycles. The van der Waals surface area contributed by atoms with Gasteiger partial charge >= 0.3 is 0 Å². The molecule has 0 atom stereocenters. The quantitative estimate of drug-likeness (QED) is 0.404. The SMILES string of the molecule is CN(C)CCOc1ccc(Nc2nc(N)c(C(=O)c3cccc(N=O)c3)s2)cc1. The second kappa shape index (κ2) is 9.26. The lowest BCUT2D eigenvalue weighted by molar-refractivity contribution is 0.104. The molecule has 0 saturated carbocycles. The molecule has 150 valence electrons. The minimum absolute atomic E-state index is 0.135. The van der Waals surface area contributed by atoms with Crippen molar-refractivity contribution in [1.29, 1.82) is 0 Å². The summed E-state index contributed by atoms with van der Waals surface area (Å²) in [6, 6.07) is 13.6. The lowest BCUT2D eigenvalue weighted by Crippen LogP contribution is -2.19. The van der Waals surface area contributed by atoms with Gasteiger partial charge in [0.25, 0.3) is 0 Å². The maximum Gasteiger partial charge on any atom is 0.206 e. The van der Waals surface area contributed by atoms with Crippen molar-refractivity contribution in [3.8, 4) is 5.75 Å². The molecular formula is C20H21N5O3S. The van der Waals surface area contributed by atoms with Crippen LogP contribution in [0.5, 0.6) is 5.75 Å². The largest absolute Gasteiger partial charge is 0.492 e. The van der Waals surface area contributed by atoms with Gasteiger partial charge in [-0.3, -0.25) is 4.79 Å². The number of anilines is 3. The van der Waals surface area contributed by atoms with E-state index in [1.165, 1.54) is 12.1 Å². The van der Waals surface area contributed by atoms with Crippen molar-refractivity contribution >= 4 is 39.4 Å². The zero-order valence-electron chi connectivity index (χ0n) is 16.1. The van der Waals surface area contributed by atoms with Crippen LogP contribution in [0.25, 0.3) is 0 Å². The summed E-state index contributed by atoms with van der Waals surface area (Å²) in [6.45, 7) is 1.44. The van der Waals surface area contributed by atoms with E-state index in [1.54, 1.807) is 12.1 Å². The van der Waals surface area contributed by atoms with Gasteiger partial charge in [0.2, 0.25) is 5.78 Å². The molecule has 0 aliphatic heterocycles. The van der Waals surface area contributed by atoms with Gasteiger partial charge in [0.15, 0.2) is 5.13 Å². The molecule has 29 heavy (non-hydrogen) atoms. The Morgan fingerprint density at radius 1 is 1.24 bits per heavy atom. The molecule has 2 aromatic carbocycles. The molecule has 0 saturated heterocycles. The third-order valence-corrected chi connectivity index (χ3v) is 4.97. The standard InChI is InChI=1S/C20H21N5O3S/c1-25(2)10-11-28-16-8-6-14(7-9-16)22-20-23-19(21)18(29-20)17(26)13-4-3-5-15(12-13)24-27/h3-9,12H,10-11,21H2,1-2H3,(H,22,23). The Morgan fingerprint density at radius 2 is 2.00 bits per heavy atom. The van der Waals surface area contributed by atoms with Crippen LogP contribution in [0.1, 0.15) is 15.2 Å². The average Bonchev–Trinajstić information content (AvgIpc) is 3.08. The minimum Gasteiger partial charge on any atom is -0.492 e. The molecule has 0 amide bonds. The number of nitrogens with one attached hydrogen (secondary N) is 1. The van der Waals surface area contributed by atoms with Crippen LogP contribution in [-0.2, 0) is 0 Å². The highest BCUT2D eigenvalue weighted by atomic mass is 32.1. The number of hydrogen-bond acceptors (Lipinski definition) is 9.